The van der Waals surface area contributed by atoms with Crippen LogP contribution in [0.5, 0.6) is 0 Å². The zero-order chi connectivity index (χ0) is 14.2. The minimum absolute atomic E-state index is 0.222. The number of piperidine rings is 1. The Morgan fingerprint density at radius 1 is 1.30 bits per heavy atom. The summed E-state index contributed by atoms with van der Waals surface area (Å²) in [6.07, 6.45) is 5.72. The molecule has 1 saturated carbocycles. The van der Waals surface area contributed by atoms with Gasteiger partial charge in [0.15, 0.2) is 5.82 Å². The van der Waals surface area contributed by atoms with Gasteiger partial charge in [0.1, 0.15) is 9.84 Å². The highest BCUT2D eigenvalue weighted by Crippen LogP contribution is 2.39. The third-order valence-electron chi connectivity index (χ3n) is 4.03. The summed E-state index contributed by atoms with van der Waals surface area (Å²) >= 11 is 0. The van der Waals surface area contributed by atoms with Crippen LogP contribution in [0.25, 0.3) is 0 Å². The molecule has 20 heavy (non-hydrogen) atoms. The van der Waals surface area contributed by atoms with E-state index in [2.05, 4.69) is 15.0 Å². The molecule has 0 amide bonds. The predicted octanol–water partition coefficient (Wildman–Crippen LogP) is 1.17. The molecule has 2 aliphatic rings. The molecule has 1 saturated heterocycles. The molecule has 1 aliphatic carbocycles. The van der Waals surface area contributed by atoms with Gasteiger partial charge in [-0.1, -0.05) is 5.16 Å². The second-order valence-electron chi connectivity index (χ2n) is 6.03. The molecule has 1 aliphatic heterocycles. The van der Waals surface area contributed by atoms with E-state index in [9.17, 15) is 8.42 Å². The fraction of sp³-hybridized carbons (Fsp3) is 0.846. The number of likely N-dealkylation sites (tertiary alicyclic amines) is 1. The average Bonchev–Trinajstić information content (AvgIpc) is 3.14. The lowest BCUT2D eigenvalue weighted by atomic mass is 9.97. The lowest BCUT2D eigenvalue weighted by Crippen LogP contribution is -2.37. The van der Waals surface area contributed by atoms with Crippen LogP contribution < -0.4 is 0 Å². The lowest BCUT2D eigenvalue weighted by Gasteiger charge is -2.30. The first-order valence-electron chi connectivity index (χ1n) is 7.25. The van der Waals surface area contributed by atoms with Crippen molar-refractivity contribution >= 4 is 9.84 Å². The van der Waals surface area contributed by atoms with Gasteiger partial charge in [-0.25, -0.2) is 8.42 Å². The molecular formula is C13H21N3O3S. The van der Waals surface area contributed by atoms with E-state index in [4.69, 9.17) is 4.52 Å². The largest absolute Gasteiger partial charge is 0.339 e. The monoisotopic (exact) mass is 299 g/mol. The molecule has 2 heterocycles. The van der Waals surface area contributed by atoms with Gasteiger partial charge in [-0.15, -0.1) is 0 Å². The zero-order valence-electron chi connectivity index (χ0n) is 11.8. The highest BCUT2D eigenvalue weighted by atomic mass is 32.2. The Kier molecular flexibility index (Phi) is 3.81. The maximum atomic E-state index is 11.2. The van der Waals surface area contributed by atoms with Gasteiger partial charge >= 0.3 is 0 Å². The SMILES string of the molecule is CS(=O)(=O)CCN1CCC[C@@H](c2noc(C3CC3)n2)C1. The van der Waals surface area contributed by atoms with Crippen LogP contribution in [0.1, 0.15) is 49.2 Å². The van der Waals surface area contributed by atoms with E-state index in [1.165, 1.54) is 6.26 Å². The first kappa shape index (κ1) is 14.0. The topological polar surface area (TPSA) is 76.3 Å². The smallest absolute Gasteiger partial charge is 0.229 e. The van der Waals surface area contributed by atoms with Crippen molar-refractivity contribution < 1.29 is 12.9 Å². The molecular weight excluding hydrogens is 278 g/mol. The van der Waals surface area contributed by atoms with Crippen molar-refractivity contribution in [3.63, 3.8) is 0 Å². The van der Waals surface area contributed by atoms with Gasteiger partial charge in [-0.2, -0.15) is 4.98 Å². The fourth-order valence-corrected chi connectivity index (χ4v) is 3.26. The summed E-state index contributed by atoms with van der Waals surface area (Å²) in [6, 6.07) is 0. The number of hydrogen-bond donors (Lipinski definition) is 0. The molecule has 1 atom stereocenters. The molecule has 3 rings (SSSR count). The minimum Gasteiger partial charge on any atom is -0.339 e. The number of aromatic nitrogens is 2. The van der Waals surface area contributed by atoms with Gasteiger partial charge in [0, 0.05) is 31.2 Å². The van der Waals surface area contributed by atoms with E-state index in [0.29, 0.717) is 12.5 Å². The highest BCUT2D eigenvalue weighted by Gasteiger charge is 2.32. The molecule has 0 spiro atoms. The molecule has 0 aromatic carbocycles. The average molecular weight is 299 g/mol. The van der Waals surface area contributed by atoms with Gasteiger partial charge in [0.2, 0.25) is 5.89 Å². The number of nitrogens with zero attached hydrogens (tertiary/aromatic N) is 3. The minimum atomic E-state index is -2.90. The zero-order valence-corrected chi connectivity index (χ0v) is 12.6. The summed E-state index contributed by atoms with van der Waals surface area (Å²) in [5.41, 5.74) is 0. The molecule has 2 fully saturated rings. The van der Waals surface area contributed by atoms with Crippen LogP contribution in [0.15, 0.2) is 4.52 Å². The van der Waals surface area contributed by atoms with Gasteiger partial charge in [0.05, 0.1) is 5.75 Å². The van der Waals surface area contributed by atoms with E-state index in [-0.39, 0.29) is 11.7 Å². The Morgan fingerprint density at radius 3 is 2.80 bits per heavy atom. The molecule has 0 unspecified atom stereocenters. The molecule has 1 aromatic heterocycles. The number of hydrogen-bond acceptors (Lipinski definition) is 6. The van der Waals surface area contributed by atoms with E-state index >= 15 is 0 Å². The van der Waals surface area contributed by atoms with Crippen molar-refractivity contribution in [1.82, 2.24) is 15.0 Å². The van der Waals surface area contributed by atoms with Gasteiger partial charge < -0.3 is 9.42 Å². The standard InChI is InChI=1S/C13H21N3O3S/c1-20(17,18)8-7-16-6-2-3-11(9-16)12-14-13(19-15-12)10-4-5-10/h10-11H,2-9H2,1H3/t11-/m1/s1. The van der Waals surface area contributed by atoms with E-state index in [1.54, 1.807) is 0 Å². The van der Waals surface area contributed by atoms with Gasteiger partial charge in [0.25, 0.3) is 0 Å². The van der Waals surface area contributed by atoms with Crippen LogP contribution in [-0.4, -0.2) is 55.1 Å². The number of sulfone groups is 1. The van der Waals surface area contributed by atoms with Crippen LogP contribution in [0, 0.1) is 0 Å². The Hall–Kier alpha value is -0.950. The van der Waals surface area contributed by atoms with Crippen LogP contribution in [0.4, 0.5) is 0 Å². The van der Waals surface area contributed by atoms with E-state index in [0.717, 1.165) is 50.5 Å². The Balaban J connectivity index is 1.59. The van der Waals surface area contributed by atoms with Crippen LogP contribution >= 0.6 is 0 Å². The molecule has 7 heteroatoms. The van der Waals surface area contributed by atoms with Crippen LogP contribution in [0.3, 0.4) is 0 Å². The van der Waals surface area contributed by atoms with Gasteiger partial charge in [-0.05, 0) is 32.2 Å². The van der Waals surface area contributed by atoms with Crippen molar-refractivity contribution in [3.05, 3.63) is 11.7 Å². The summed E-state index contributed by atoms with van der Waals surface area (Å²) < 4.78 is 27.8. The quantitative estimate of drug-likeness (QED) is 0.812. The number of rotatable bonds is 5. The first-order valence-corrected chi connectivity index (χ1v) is 9.31. The summed E-state index contributed by atoms with van der Waals surface area (Å²) in [7, 11) is -2.90. The van der Waals surface area contributed by atoms with Crippen LogP contribution in [-0.2, 0) is 9.84 Å². The second kappa shape index (κ2) is 5.44. The molecule has 0 N–H and O–H groups in total. The first-order chi connectivity index (χ1) is 9.51. The van der Waals surface area contributed by atoms with Crippen LogP contribution in [0.2, 0.25) is 0 Å². The second-order valence-corrected chi connectivity index (χ2v) is 8.29. The van der Waals surface area contributed by atoms with Crippen molar-refractivity contribution in [2.75, 3.05) is 31.6 Å². The summed E-state index contributed by atoms with van der Waals surface area (Å²) in [5.74, 6) is 2.57. The van der Waals surface area contributed by atoms with E-state index < -0.39 is 9.84 Å². The molecule has 6 nitrogen and oxygen atoms in total. The fourth-order valence-electron chi connectivity index (χ4n) is 2.67. The third-order valence-corrected chi connectivity index (χ3v) is 4.96. The normalized spacial score (nSPS) is 24.9. The van der Waals surface area contributed by atoms with Gasteiger partial charge in [-0.3, -0.25) is 0 Å². The maximum absolute atomic E-state index is 11.2. The van der Waals surface area contributed by atoms with Crippen molar-refractivity contribution in [2.45, 2.75) is 37.5 Å². The highest BCUT2D eigenvalue weighted by molar-refractivity contribution is 7.90. The summed E-state index contributed by atoms with van der Waals surface area (Å²) in [4.78, 5) is 6.71. The third kappa shape index (κ3) is 3.58. The molecule has 112 valence electrons. The molecule has 0 bridgehead atoms. The Labute approximate surface area is 119 Å². The Bertz CT molecular complexity index is 565. The Morgan fingerprint density at radius 2 is 2.10 bits per heavy atom. The van der Waals surface area contributed by atoms with E-state index in [1.807, 2.05) is 0 Å². The summed E-state index contributed by atoms with van der Waals surface area (Å²) in [6.45, 7) is 2.39. The predicted molar refractivity (Wildman–Crippen MR) is 74.4 cm³/mol. The summed E-state index contributed by atoms with van der Waals surface area (Å²) in [5, 5.41) is 4.11. The van der Waals surface area contributed by atoms with Crippen molar-refractivity contribution in [2.24, 2.45) is 0 Å². The lowest BCUT2D eigenvalue weighted by molar-refractivity contribution is 0.212. The van der Waals surface area contributed by atoms with Crippen molar-refractivity contribution in [3.8, 4) is 0 Å². The molecule has 1 aromatic rings. The molecule has 0 radical (unpaired) electrons. The maximum Gasteiger partial charge on any atom is 0.229 e. The van der Waals surface area contributed by atoms with Crippen molar-refractivity contribution in [1.29, 1.82) is 0 Å².